The molecule has 5 nitrogen and oxygen atoms in total. The van der Waals surface area contributed by atoms with Crippen molar-refractivity contribution in [2.45, 2.75) is 30.8 Å². The summed E-state index contributed by atoms with van der Waals surface area (Å²) in [6.07, 6.45) is 1.60. The highest BCUT2D eigenvalue weighted by atomic mass is 32.2. The van der Waals surface area contributed by atoms with Crippen LogP contribution in [0.4, 0.5) is 5.69 Å². The fourth-order valence-corrected chi connectivity index (χ4v) is 5.71. The second kappa shape index (κ2) is 8.76. The summed E-state index contributed by atoms with van der Waals surface area (Å²) >= 11 is 0. The Morgan fingerprint density at radius 1 is 0.967 bits per heavy atom. The van der Waals surface area contributed by atoms with Crippen LogP contribution in [-0.4, -0.2) is 45.8 Å². The van der Waals surface area contributed by atoms with E-state index in [2.05, 4.69) is 0 Å². The first kappa shape index (κ1) is 20.8. The molecule has 0 spiro atoms. The van der Waals surface area contributed by atoms with Crippen LogP contribution in [0.2, 0.25) is 0 Å². The second-order valence-corrected chi connectivity index (χ2v) is 10.1. The molecule has 0 aromatic heterocycles. The van der Waals surface area contributed by atoms with Crippen molar-refractivity contribution in [3.05, 3.63) is 72.3 Å². The lowest BCUT2D eigenvalue weighted by Crippen LogP contribution is -3.11. The van der Waals surface area contributed by atoms with E-state index in [1.165, 1.54) is 22.0 Å². The molecular weight excluding hydrogens is 396 g/mol. The molecule has 1 saturated heterocycles. The summed E-state index contributed by atoms with van der Waals surface area (Å²) in [5, 5.41) is 12.6. The van der Waals surface area contributed by atoms with Gasteiger partial charge in [0.05, 0.1) is 30.2 Å². The second-order valence-electron chi connectivity index (χ2n) is 8.20. The normalized spacial score (nSPS) is 16.1. The average molecular weight is 426 g/mol. The van der Waals surface area contributed by atoms with Crippen molar-refractivity contribution in [2.75, 3.05) is 30.5 Å². The zero-order valence-corrected chi connectivity index (χ0v) is 18.1. The SMILES string of the molecule is Cc1ccc(N(C[C@@H](O)C[NH+]2CCCC2)S(=O)(=O)c2ccc3ccccc3c2)cc1. The molecule has 1 atom stereocenters. The van der Waals surface area contributed by atoms with E-state index in [0.29, 0.717) is 12.2 Å². The fraction of sp³-hybridized carbons (Fsp3) is 0.333. The highest BCUT2D eigenvalue weighted by Crippen LogP contribution is 2.27. The molecule has 0 bridgehead atoms. The minimum Gasteiger partial charge on any atom is -0.385 e. The molecule has 1 aliphatic heterocycles. The Hall–Kier alpha value is -2.41. The first-order chi connectivity index (χ1) is 14.4. The monoisotopic (exact) mass is 425 g/mol. The lowest BCUT2D eigenvalue weighted by Gasteiger charge is -2.28. The van der Waals surface area contributed by atoms with Crippen LogP contribution in [0.15, 0.2) is 71.6 Å². The third kappa shape index (κ3) is 4.51. The largest absolute Gasteiger partial charge is 0.385 e. The van der Waals surface area contributed by atoms with Crippen molar-refractivity contribution < 1.29 is 18.4 Å². The number of benzene rings is 3. The number of sulfonamides is 1. The molecule has 2 N–H and O–H groups in total. The first-order valence-corrected chi connectivity index (χ1v) is 12.0. The lowest BCUT2D eigenvalue weighted by molar-refractivity contribution is -0.890. The number of quaternary nitrogens is 1. The fourth-order valence-electron chi connectivity index (χ4n) is 4.18. The molecule has 0 radical (unpaired) electrons. The lowest BCUT2D eigenvalue weighted by atomic mass is 10.1. The van der Waals surface area contributed by atoms with E-state index in [-0.39, 0.29) is 11.4 Å². The van der Waals surface area contributed by atoms with Gasteiger partial charge in [-0.15, -0.1) is 0 Å². The van der Waals surface area contributed by atoms with Gasteiger partial charge in [0.2, 0.25) is 0 Å². The molecule has 6 heteroatoms. The molecule has 4 rings (SSSR count). The Bertz CT molecular complexity index is 1110. The Kier molecular flexibility index (Phi) is 6.09. The Morgan fingerprint density at radius 3 is 2.33 bits per heavy atom. The van der Waals surface area contributed by atoms with Gasteiger partial charge in [0, 0.05) is 12.8 Å². The van der Waals surface area contributed by atoms with Crippen molar-refractivity contribution in [2.24, 2.45) is 0 Å². The van der Waals surface area contributed by atoms with Gasteiger partial charge in [-0.25, -0.2) is 8.42 Å². The maximum absolute atomic E-state index is 13.6. The minimum absolute atomic E-state index is 0.0434. The number of likely N-dealkylation sites (tertiary alicyclic amines) is 1. The minimum atomic E-state index is -3.82. The third-order valence-corrected chi connectivity index (χ3v) is 7.63. The highest BCUT2D eigenvalue weighted by molar-refractivity contribution is 7.92. The van der Waals surface area contributed by atoms with Gasteiger partial charge in [-0.05, 0) is 42.0 Å². The van der Waals surface area contributed by atoms with Crippen LogP contribution in [0.5, 0.6) is 0 Å². The van der Waals surface area contributed by atoms with Crippen LogP contribution in [0.3, 0.4) is 0 Å². The van der Waals surface area contributed by atoms with Crippen molar-refractivity contribution in [3.63, 3.8) is 0 Å². The molecule has 30 heavy (non-hydrogen) atoms. The molecule has 158 valence electrons. The number of anilines is 1. The number of rotatable bonds is 7. The number of nitrogens with zero attached hydrogens (tertiary/aromatic N) is 1. The number of nitrogens with one attached hydrogen (secondary N) is 1. The summed E-state index contributed by atoms with van der Waals surface area (Å²) in [6.45, 7) is 4.66. The maximum Gasteiger partial charge on any atom is 0.264 e. The van der Waals surface area contributed by atoms with Crippen LogP contribution in [0, 0.1) is 6.92 Å². The third-order valence-electron chi connectivity index (χ3n) is 5.84. The van der Waals surface area contributed by atoms with E-state index in [9.17, 15) is 13.5 Å². The Morgan fingerprint density at radius 2 is 1.63 bits per heavy atom. The molecule has 0 saturated carbocycles. The van der Waals surface area contributed by atoms with Gasteiger partial charge in [-0.1, -0.05) is 48.0 Å². The zero-order valence-electron chi connectivity index (χ0n) is 17.3. The average Bonchev–Trinajstić information content (AvgIpc) is 3.25. The van der Waals surface area contributed by atoms with E-state index in [0.717, 1.165) is 29.4 Å². The Labute approximate surface area is 178 Å². The molecule has 1 fully saturated rings. The highest BCUT2D eigenvalue weighted by Gasteiger charge is 2.29. The quantitative estimate of drug-likeness (QED) is 0.611. The molecule has 0 unspecified atom stereocenters. The predicted octanol–water partition coefficient (Wildman–Crippen LogP) is 2.38. The van der Waals surface area contributed by atoms with E-state index < -0.39 is 16.1 Å². The van der Waals surface area contributed by atoms with Crippen molar-refractivity contribution in [3.8, 4) is 0 Å². The van der Waals surface area contributed by atoms with Crippen LogP contribution >= 0.6 is 0 Å². The van der Waals surface area contributed by atoms with E-state index in [1.807, 2.05) is 61.5 Å². The van der Waals surface area contributed by atoms with Gasteiger partial charge < -0.3 is 10.0 Å². The summed E-state index contributed by atoms with van der Waals surface area (Å²) in [7, 11) is -3.82. The van der Waals surface area contributed by atoms with E-state index in [1.54, 1.807) is 12.1 Å². The van der Waals surface area contributed by atoms with Crippen LogP contribution < -0.4 is 9.21 Å². The number of aryl methyl sites for hydroxylation is 1. The van der Waals surface area contributed by atoms with Crippen molar-refractivity contribution in [1.29, 1.82) is 0 Å². The van der Waals surface area contributed by atoms with Gasteiger partial charge in [-0.2, -0.15) is 0 Å². The van der Waals surface area contributed by atoms with Crippen molar-refractivity contribution >= 4 is 26.5 Å². The van der Waals surface area contributed by atoms with Gasteiger partial charge >= 0.3 is 0 Å². The van der Waals surface area contributed by atoms with E-state index in [4.69, 9.17) is 0 Å². The molecule has 1 heterocycles. The molecular formula is C24H29N2O3S+. The zero-order chi connectivity index (χ0) is 21.1. The molecule has 3 aromatic rings. The number of hydrogen-bond acceptors (Lipinski definition) is 3. The van der Waals surface area contributed by atoms with Crippen LogP contribution in [-0.2, 0) is 10.0 Å². The topological polar surface area (TPSA) is 62.1 Å². The smallest absolute Gasteiger partial charge is 0.264 e. The summed E-state index contributed by atoms with van der Waals surface area (Å²) in [5.41, 5.74) is 1.63. The van der Waals surface area contributed by atoms with Crippen molar-refractivity contribution in [1.82, 2.24) is 0 Å². The summed E-state index contributed by atoms with van der Waals surface area (Å²) in [6, 6.07) is 20.3. The molecule has 3 aromatic carbocycles. The van der Waals surface area contributed by atoms with Gasteiger partial charge in [0.1, 0.15) is 12.6 Å². The number of aliphatic hydroxyl groups is 1. The summed E-state index contributed by atoms with van der Waals surface area (Å²) < 4.78 is 28.6. The summed E-state index contributed by atoms with van der Waals surface area (Å²) in [5.74, 6) is 0. The van der Waals surface area contributed by atoms with Gasteiger partial charge in [0.15, 0.2) is 0 Å². The Balaban J connectivity index is 1.68. The maximum atomic E-state index is 13.6. The number of aliphatic hydroxyl groups excluding tert-OH is 1. The van der Waals surface area contributed by atoms with Crippen LogP contribution in [0.25, 0.3) is 10.8 Å². The molecule has 0 amide bonds. The number of hydrogen-bond donors (Lipinski definition) is 2. The molecule has 0 aliphatic carbocycles. The number of fused-ring (bicyclic) bond motifs is 1. The van der Waals surface area contributed by atoms with Crippen LogP contribution in [0.1, 0.15) is 18.4 Å². The first-order valence-electron chi connectivity index (χ1n) is 10.5. The van der Waals surface area contributed by atoms with E-state index >= 15 is 0 Å². The standard InChI is InChI=1S/C24H28N2O3S/c1-19-8-11-22(12-9-19)26(18-23(27)17-25-14-4-5-15-25)30(28,29)24-13-10-20-6-2-3-7-21(20)16-24/h2-3,6-13,16,23,27H,4-5,14-15,17-18H2,1H3/p+1/t23-/m0/s1. The summed E-state index contributed by atoms with van der Waals surface area (Å²) in [4.78, 5) is 1.58. The van der Waals surface area contributed by atoms with Gasteiger partial charge in [-0.3, -0.25) is 4.31 Å². The molecule has 1 aliphatic rings. The predicted molar refractivity (Wildman–Crippen MR) is 120 cm³/mol. The van der Waals surface area contributed by atoms with Gasteiger partial charge in [0.25, 0.3) is 10.0 Å².